The third-order valence-corrected chi connectivity index (χ3v) is 5.74. The fourth-order valence-electron chi connectivity index (χ4n) is 4.37. The minimum Gasteiger partial charge on any atom is -0.493 e. The van der Waals surface area contributed by atoms with E-state index in [-0.39, 0.29) is 16.1 Å². The van der Waals surface area contributed by atoms with Crippen LogP contribution in [0.1, 0.15) is 19.3 Å². The highest BCUT2D eigenvalue weighted by molar-refractivity contribution is 6.28. The van der Waals surface area contributed by atoms with Crippen LogP contribution in [0.25, 0.3) is 10.8 Å². The van der Waals surface area contributed by atoms with Gasteiger partial charge in [-0.05, 0) is 60.5 Å². The molecule has 0 atom stereocenters. The highest BCUT2D eigenvalue weighted by Gasteiger charge is 2.68. The second kappa shape index (κ2) is 5.80. The van der Waals surface area contributed by atoms with Gasteiger partial charge in [-0.15, -0.1) is 0 Å². The van der Waals surface area contributed by atoms with Crippen molar-refractivity contribution in [3.63, 3.8) is 0 Å². The number of pyridine rings is 1. The first-order valence-corrected chi connectivity index (χ1v) is 9.14. The molecule has 6 rings (SSSR count). The minimum atomic E-state index is -0.0373. The molecule has 6 nitrogen and oxygen atoms in total. The zero-order valence-electron chi connectivity index (χ0n) is 14.4. The zero-order valence-corrected chi connectivity index (χ0v) is 15.2. The Hall–Kier alpha value is -2.91. The summed E-state index contributed by atoms with van der Waals surface area (Å²) < 4.78 is 6.03. The number of nitriles is 1. The van der Waals surface area contributed by atoms with Crippen LogP contribution in [0.15, 0.2) is 42.9 Å². The van der Waals surface area contributed by atoms with Gasteiger partial charge in [0.05, 0.1) is 36.2 Å². The van der Waals surface area contributed by atoms with Gasteiger partial charge in [0, 0.05) is 17.0 Å². The van der Waals surface area contributed by atoms with Crippen LogP contribution in [-0.2, 0) is 0 Å². The lowest BCUT2D eigenvalue weighted by atomic mass is 9.36. The van der Waals surface area contributed by atoms with Gasteiger partial charge in [-0.2, -0.15) is 5.26 Å². The molecule has 3 fully saturated rings. The molecule has 3 aromatic rings. The summed E-state index contributed by atoms with van der Waals surface area (Å²) in [5.41, 5.74) is 0.906. The molecule has 0 unspecified atom stereocenters. The largest absolute Gasteiger partial charge is 0.493 e. The monoisotopic (exact) mass is 377 g/mol. The van der Waals surface area contributed by atoms with E-state index in [4.69, 9.17) is 21.6 Å². The molecular formula is C20H16ClN5O. The van der Waals surface area contributed by atoms with Crippen LogP contribution in [0, 0.1) is 22.2 Å². The van der Waals surface area contributed by atoms with Crippen molar-refractivity contribution in [2.75, 3.05) is 11.9 Å². The van der Waals surface area contributed by atoms with Crippen molar-refractivity contribution in [2.24, 2.45) is 10.8 Å². The van der Waals surface area contributed by atoms with Gasteiger partial charge in [0.25, 0.3) is 0 Å². The Morgan fingerprint density at radius 3 is 2.67 bits per heavy atom. The van der Waals surface area contributed by atoms with Crippen molar-refractivity contribution < 1.29 is 4.74 Å². The molecule has 134 valence electrons. The van der Waals surface area contributed by atoms with Crippen LogP contribution in [0.4, 0.5) is 11.5 Å². The molecule has 1 aromatic carbocycles. The molecule has 3 aliphatic carbocycles. The number of ether oxygens (including phenoxy) is 1. The molecular weight excluding hydrogens is 362 g/mol. The SMILES string of the molecule is N#CC12CC(COc3ccc4c(Nc5cnc(Cl)nc5)nccc4c3)(C1)C2. The lowest BCUT2D eigenvalue weighted by Crippen LogP contribution is -2.63. The highest BCUT2D eigenvalue weighted by Crippen LogP contribution is 2.72. The average Bonchev–Trinajstić information content (AvgIpc) is 2.62. The molecule has 0 amide bonds. The standard InChI is InChI=1S/C20H16ClN5O/c21-18-24-6-14(7-25-18)26-17-16-2-1-15(5-13(16)3-4-23-17)27-12-20-8-19(9-20,10-20)11-22/h1-7H,8-10,12H2,(H,23,26). The molecule has 2 heterocycles. The Bertz CT molecular complexity index is 1060. The number of fused-ring (bicyclic) bond motifs is 1. The number of hydrogen-bond acceptors (Lipinski definition) is 6. The molecule has 0 radical (unpaired) electrons. The molecule has 2 aromatic heterocycles. The quantitative estimate of drug-likeness (QED) is 0.659. The van der Waals surface area contributed by atoms with Crippen molar-refractivity contribution >= 4 is 33.9 Å². The normalized spacial score (nSPS) is 25.2. The summed E-state index contributed by atoms with van der Waals surface area (Å²) in [5.74, 6) is 1.56. The van der Waals surface area contributed by atoms with Gasteiger partial charge in [-0.3, -0.25) is 0 Å². The van der Waals surface area contributed by atoms with Crippen molar-refractivity contribution in [1.29, 1.82) is 5.26 Å². The lowest BCUT2D eigenvalue weighted by molar-refractivity contribution is -0.181. The molecule has 3 aliphatic rings. The van der Waals surface area contributed by atoms with Gasteiger partial charge < -0.3 is 10.1 Å². The number of nitrogens with zero attached hydrogens (tertiary/aromatic N) is 4. The Labute approximate surface area is 161 Å². The fraction of sp³-hybridized carbons (Fsp3) is 0.300. The van der Waals surface area contributed by atoms with Gasteiger partial charge in [-0.25, -0.2) is 15.0 Å². The summed E-state index contributed by atoms with van der Waals surface area (Å²) in [6.45, 7) is 0.681. The van der Waals surface area contributed by atoms with Crippen LogP contribution in [0.5, 0.6) is 5.75 Å². The molecule has 0 spiro atoms. The summed E-state index contributed by atoms with van der Waals surface area (Å²) in [4.78, 5) is 12.4. The van der Waals surface area contributed by atoms with Crippen LogP contribution >= 0.6 is 11.6 Å². The van der Waals surface area contributed by atoms with E-state index in [9.17, 15) is 0 Å². The van der Waals surface area contributed by atoms with Crippen LogP contribution in [-0.4, -0.2) is 21.6 Å². The van der Waals surface area contributed by atoms with E-state index in [1.807, 2.05) is 24.3 Å². The second-order valence-electron chi connectivity index (χ2n) is 7.62. The Kier molecular flexibility index (Phi) is 3.49. The van der Waals surface area contributed by atoms with Crippen LogP contribution in [0.3, 0.4) is 0 Å². The van der Waals surface area contributed by atoms with E-state index < -0.39 is 0 Å². The van der Waals surface area contributed by atoms with E-state index in [0.29, 0.717) is 6.61 Å². The Morgan fingerprint density at radius 1 is 1.15 bits per heavy atom. The lowest BCUT2D eigenvalue weighted by Gasteiger charge is -2.66. The van der Waals surface area contributed by atoms with Gasteiger partial charge in [0.1, 0.15) is 11.6 Å². The fourth-order valence-corrected chi connectivity index (χ4v) is 4.46. The molecule has 0 saturated heterocycles. The first kappa shape index (κ1) is 16.3. The van der Waals surface area contributed by atoms with Gasteiger partial charge in [-0.1, -0.05) is 0 Å². The maximum absolute atomic E-state index is 9.13. The molecule has 0 aliphatic heterocycles. The highest BCUT2D eigenvalue weighted by atomic mass is 35.5. The molecule has 2 bridgehead atoms. The van der Waals surface area contributed by atoms with E-state index in [0.717, 1.165) is 47.3 Å². The number of anilines is 2. The molecule has 27 heavy (non-hydrogen) atoms. The van der Waals surface area contributed by atoms with Crippen molar-refractivity contribution in [1.82, 2.24) is 15.0 Å². The Morgan fingerprint density at radius 2 is 1.93 bits per heavy atom. The van der Waals surface area contributed by atoms with Gasteiger partial charge in [0.2, 0.25) is 5.28 Å². The van der Waals surface area contributed by atoms with Crippen molar-refractivity contribution in [2.45, 2.75) is 19.3 Å². The minimum absolute atomic E-state index is 0.0373. The van der Waals surface area contributed by atoms with E-state index in [1.54, 1.807) is 18.6 Å². The van der Waals surface area contributed by atoms with Crippen LogP contribution < -0.4 is 10.1 Å². The summed E-state index contributed by atoms with van der Waals surface area (Å²) in [6, 6.07) is 10.4. The number of benzene rings is 1. The second-order valence-corrected chi connectivity index (χ2v) is 7.96. The zero-order chi connectivity index (χ0) is 18.5. The number of hydrogen-bond donors (Lipinski definition) is 1. The molecule has 7 heteroatoms. The Balaban J connectivity index is 1.33. The first-order chi connectivity index (χ1) is 13.1. The summed E-state index contributed by atoms with van der Waals surface area (Å²) in [6.07, 6.45) is 7.92. The van der Waals surface area contributed by atoms with Crippen molar-refractivity contribution in [3.8, 4) is 11.8 Å². The van der Waals surface area contributed by atoms with Crippen molar-refractivity contribution in [3.05, 3.63) is 48.1 Å². The predicted molar refractivity (Wildman–Crippen MR) is 102 cm³/mol. The topological polar surface area (TPSA) is 83.7 Å². The maximum Gasteiger partial charge on any atom is 0.222 e. The van der Waals surface area contributed by atoms with Crippen LogP contribution in [0.2, 0.25) is 5.28 Å². The summed E-state index contributed by atoms with van der Waals surface area (Å²) >= 11 is 5.73. The van der Waals surface area contributed by atoms with E-state index >= 15 is 0 Å². The van der Waals surface area contributed by atoms with Gasteiger partial charge in [0.15, 0.2) is 0 Å². The molecule has 3 saturated carbocycles. The summed E-state index contributed by atoms with van der Waals surface area (Å²) in [7, 11) is 0. The third kappa shape index (κ3) is 2.75. The van der Waals surface area contributed by atoms with E-state index in [2.05, 4.69) is 26.3 Å². The number of halogens is 1. The number of rotatable bonds is 5. The molecule has 1 N–H and O–H groups in total. The van der Waals surface area contributed by atoms with E-state index in [1.165, 1.54) is 0 Å². The maximum atomic E-state index is 9.13. The first-order valence-electron chi connectivity index (χ1n) is 8.76. The summed E-state index contributed by atoms with van der Waals surface area (Å²) in [5, 5.41) is 14.6. The number of aromatic nitrogens is 3. The van der Waals surface area contributed by atoms with Gasteiger partial charge >= 0.3 is 0 Å². The predicted octanol–water partition coefficient (Wildman–Crippen LogP) is 4.49. The average molecular weight is 378 g/mol. The number of nitrogens with one attached hydrogen (secondary N) is 1. The third-order valence-electron chi connectivity index (χ3n) is 5.54. The smallest absolute Gasteiger partial charge is 0.222 e.